The molecule has 1 aromatic rings. The fourth-order valence-corrected chi connectivity index (χ4v) is 2.73. The van der Waals surface area contributed by atoms with Crippen LogP contribution in [0.1, 0.15) is 38.8 Å². The highest BCUT2D eigenvalue weighted by Crippen LogP contribution is 2.38. The first kappa shape index (κ1) is 13.6. The molecule has 19 heavy (non-hydrogen) atoms. The number of nitrogens with two attached hydrogens (primary N) is 1. The van der Waals surface area contributed by atoms with Crippen molar-refractivity contribution in [1.82, 2.24) is 9.97 Å². The van der Waals surface area contributed by atoms with Gasteiger partial charge in [0.05, 0.1) is 0 Å². The summed E-state index contributed by atoms with van der Waals surface area (Å²) in [6, 6.07) is 0. The molecule has 0 bridgehead atoms. The van der Waals surface area contributed by atoms with Gasteiger partial charge in [0.2, 0.25) is 0 Å². The average Bonchev–Trinajstić information content (AvgIpc) is 2.91. The van der Waals surface area contributed by atoms with Crippen molar-refractivity contribution in [3.63, 3.8) is 0 Å². The Hall–Kier alpha value is -1.85. The molecule has 0 saturated carbocycles. The monoisotopic (exact) mass is 263 g/mol. The Morgan fingerprint density at radius 3 is 2.68 bits per heavy atom. The van der Waals surface area contributed by atoms with Crippen LogP contribution in [0, 0.1) is 5.41 Å². The molecule has 3 N–H and O–H groups in total. The summed E-state index contributed by atoms with van der Waals surface area (Å²) in [7, 11) is 0. The molecule has 104 valence electrons. The lowest BCUT2D eigenvalue weighted by Gasteiger charge is -2.27. The summed E-state index contributed by atoms with van der Waals surface area (Å²) < 4.78 is 0. The maximum atomic E-state index is 8.83. The predicted octanol–water partition coefficient (Wildman–Crippen LogP) is 1.59. The summed E-state index contributed by atoms with van der Waals surface area (Å²) in [5.74, 6) is 0.718. The second-order valence-corrected chi connectivity index (χ2v) is 5.09. The minimum Gasteiger partial charge on any atom is -0.409 e. The molecule has 0 aromatic carbocycles. The molecule has 1 aromatic heterocycles. The molecule has 0 radical (unpaired) electrons. The van der Waals surface area contributed by atoms with Crippen LogP contribution >= 0.6 is 0 Å². The Labute approximate surface area is 113 Å². The molecular formula is C13H21N5O. The molecule has 6 nitrogen and oxygen atoms in total. The average molecular weight is 263 g/mol. The van der Waals surface area contributed by atoms with Gasteiger partial charge >= 0.3 is 0 Å². The number of rotatable bonds is 4. The van der Waals surface area contributed by atoms with Gasteiger partial charge in [-0.15, -0.1) is 0 Å². The Morgan fingerprint density at radius 2 is 2.11 bits per heavy atom. The van der Waals surface area contributed by atoms with Crippen LogP contribution in [0.25, 0.3) is 0 Å². The van der Waals surface area contributed by atoms with E-state index >= 15 is 0 Å². The third-order valence-corrected chi connectivity index (χ3v) is 4.27. The smallest absolute Gasteiger partial charge is 0.192 e. The maximum Gasteiger partial charge on any atom is 0.192 e. The number of amidine groups is 1. The molecule has 0 amide bonds. The van der Waals surface area contributed by atoms with Crippen LogP contribution in [0.5, 0.6) is 0 Å². The molecule has 1 aliphatic rings. The topological polar surface area (TPSA) is 87.6 Å². The van der Waals surface area contributed by atoms with E-state index in [1.165, 1.54) is 0 Å². The van der Waals surface area contributed by atoms with Gasteiger partial charge in [-0.1, -0.05) is 19.0 Å². The highest BCUT2D eigenvalue weighted by molar-refractivity contribution is 5.99. The highest BCUT2D eigenvalue weighted by Gasteiger charge is 2.36. The Morgan fingerprint density at radius 1 is 1.42 bits per heavy atom. The molecule has 1 aliphatic heterocycles. The third kappa shape index (κ3) is 2.47. The standard InChI is InChI=1S/C13H21N5O/c1-3-13(4-2)5-8-18(9-13)12-10(11(14)17-19)15-6-7-16-12/h6-7,19H,3-5,8-9H2,1-2H3,(H2,14,17). The number of anilines is 1. The fraction of sp³-hybridized carbons (Fsp3) is 0.615. The summed E-state index contributed by atoms with van der Waals surface area (Å²) >= 11 is 0. The molecule has 1 saturated heterocycles. The number of oxime groups is 1. The summed E-state index contributed by atoms with van der Waals surface area (Å²) in [5.41, 5.74) is 6.47. The van der Waals surface area contributed by atoms with Gasteiger partial charge in [-0.3, -0.25) is 0 Å². The molecule has 0 unspecified atom stereocenters. The van der Waals surface area contributed by atoms with Crippen molar-refractivity contribution in [3.8, 4) is 0 Å². The van der Waals surface area contributed by atoms with Crippen molar-refractivity contribution in [2.45, 2.75) is 33.1 Å². The molecule has 1 fully saturated rings. The van der Waals surface area contributed by atoms with E-state index in [2.05, 4.69) is 33.9 Å². The van der Waals surface area contributed by atoms with Gasteiger partial charge in [-0.2, -0.15) is 0 Å². The predicted molar refractivity (Wildman–Crippen MR) is 74.4 cm³/mol. The van der Waals surface area contributed by atoms with E-state index in [1.54, 1.807) is 12.4 Å². The molecule has 2 rings (SSSR count). The molecule has 2 heterocycles. The van der Waals surface area contributed by atoms with E-state index in [4.69, 9.17) is 10.9 Å². The number of hydrogen-bond donors (Lipinski definition) is 2. The van der Waals surface area contributed by atoms with Crippen molar-refractivity contribution in [2.75, 3.05) is 18.0 Å². The molecule has 6 heteroatoms. The van der Waals surface area contributed by atoms with Gasteiger partial charge in [-0.05, 0) is 24.7 Å². The van der Waals surface area contributed by atoms with E-state index in [0.717, 1.165) is 32.4 Å². The Balaban J connectivity index is 2.30. The van der Waals surface area contributed by atoms with Gasteiger partial charge in [0.1, 0.15) is 0 Å². The van der Waals surface area contributed by atoms with Crippen LogP contribution in [0.4, 0.5) is 5.82 Å². The van der Waals surface area contributed by atoms with Gasteiger partial charge in [0.25, 0.3) is 0 Å². The first-order chi connectivity index (χ1) is 9.15. The van der Waals surface area contributed by atoms with Crippen LogP contribution in [-0.4, -0.2) is 34.1 Å². The minimum atomic E-state index is 0.00796. The fourth-order valence-electron chi connectivity index (χ4n) is 2.73. The van der Waals surface area contributed by atoms with E-state index in [1.807, 2.05) is 0 Å². The van der Waals surface area contributed by atoms with Gasteiger partial charge in [0, 0.05) is 25.5 Å². The molecule has 0 atom stereocenters. The highest BCUT2D eigenvalue weighted by atomic mass is 16.4. The van der Waals surface area contributed by atoms with E-state index in [-0.39, 0.29) is 5.84 Å². The molecular weight excluding hydrogens is 242 g/mol. The quantitative estimate of drug-likeness (QED) is 0.373. The summed E-state index contributed by atoms with van der Waals surface area (Å²) in [4.78, 5) is 10.7. The Kier molecular flexibility index (Phi) is 3.87. The van der Waals surface area contributed by atoms with Gasteiger partial charge < -0.3 is 15.8 Å². The van der Waals surface area contributed by atoms with E-state index < -0.39 is 0 Å². The van der Waals surface area contributed by atoms with Crippen molar-refractivity contribution < 1.29 is 5.21 Å². The zero-order valence-electron chi connectivity index (χ0n) is 11.5. The summed E-state index contributed by atoms with van der Waals surface area (Å²) in [6.45, 7) is 6.35. The first-order valence-electron chi connectivity index (χ1n) is 6.69. The van der Waals surface area contributed by atoms with Crippen molar-refractivity contribution in [3.05, 3.63) is 18.1 Å². The zero-order valence-corrected chi connectivity index (χ0v) is 11.5. The van der Waals surface area contributed by atoms with Crippen molar-refractivity contribution >= 4 is 11.7 Å². The lowest BCUT2D eigenvalue weighted by Crippen LogP contribution is -2.29. The second-order valence-electron chi connectivity index (χ2n) is 5.09. The summed E-state index contributed by atoms with van der Waals surface area (Å²) in [6.07, 6.45) is 6.64. The van der Waals surface area contributed by atoms with Crippen molar-refractivity contribution in [2.24, 2.45) is 16.3 Å². The second kappa shape index (κ2) is 5.42. The minimum absolute atomic E-state index is 0.00796. The number of aromatic nitrogens is 2. The SMILES string of the molecule is CCC1(CC)CCN(c2nccnc2C(N)=NO)C1. The zero-order chi connectivity index (χ0) is 13.9. The van der Waals surface area contributed by atoms with E-state index in [9.17, 15) is 0 Å². The maximum absolute atomic E-state index is 8.83. The first-order valence-corrected chi connectivity index (χ1v) is 6.69. The Bertz CT molecular complexity index is 470. The summed E-state index contributed by atoms with van der Waals surface area (Å²) in [5, 5.41) is 11.9. The number of nitrogens with zero attached hydrogens (tertiary/aromatic N) is 4. The number of hydrogen-bond acceptors (Lipinski definition) is 5. The third-order valence-electron chi connectivity index (χ3n) is 4.27. The van der Waals surface area contributed by atoms with Crippen LogP contribution in [0.3, 0.4) is 0 Å². The normalized spacial score (nSPS) is 18.8. The van der Waals surface area contributed by atoms with Gasteiger partial charge in [-0.25, -0.2) is 9.97 Å². The largest absolute Gasteiger partial charge is 0.409 e. The molecule has 0 aliphatic carbocycles. The van der Waals surface area contributed by atoms with Crippen molar-refractivity contribution in [1.29, 1.82) is 0 Å². The lowest BCUT2D eigenvalue weighted by atomic mass is 9.82. The van der Waals surface area contributed by atoms with Crippen LogP contribution in [-0.2, 0) is 0 Å². The van der Waals surface area contributed by atoms with Gasteiger partial charge in [0.15, 0.2) is 17.3 Å². The molecule has 0 spiro atoms. The lowest BCUT2D eigenvalue weighted by molar-refractivity contribution is 0.301. The van der Waals surface area contributed by atoms with Crippen LogP contribution < -0.4 is 10.6 Å². The van der Waals surface area contributed by atoms with Crippen LogP contribution in [0.15, 0.2) is 17.5 Å². The van der Waals surface area contributed by atoms with Crippen LogP contribution in [0.2, 0.25) is 0 Å². The van der Waals surface area contributed by atoms with E-state index in [0.29, 0.717) is 16.9 Å².